The van der Waals surface area contributed by atoms with Gasteiger partial charge in [-0.05, 0) is 12.1 Å². The average molecular weight is 259 g/mol. The molecule has 0 radical (unpaired) electrons. The highest BCUT2D eigenvalue weighted by Gasteiger charge is 2.58. The van der Waals surface area contributed by atoms with E-state index in [0.29, 0.717) is 5.75 Å². The Balaban J connectivity index is 2.54. The van der Waals surface area contributed by atoms with Crippen LogP contribution in [0.3, 0.4) is 0 Å². The lowest BCUT2D eigenvalue weighted by Gasteiger charge is -2.27. The van der Waals surface area contributed by atoms with E-state index in [2.05, 4.69) is 4.74 Å². The number of fused-ring (bicyclic) bond motifs is 1. The molecule has 0 bridgehead atoms. The second-order valence-electron chi connectivity index (χ2n) is 3.56. The molecule has 1 aromatic carbocycles. The number of ether oxygens (including phenoxy) is 3. The fraction of sp³-hybridized carbons (Fsp3) is 0.364. The molecule has 0 fully saturated rings. The van der Waals surface area contributed by atoms with Crippen molar-refractivity contribution >= 4 is 0 Å². The maximum atomic E-state index is 13.0. The molecule has 7 heteroatoms. The first-order chi connectivity index (χ1) is 8.44. The Kier molecular flexibility index (Phi) is 2.83. The van der Waals surface area contributed by atoms with Crippen LogP contribution in [0.4, 0.5) is 13.2 Å². The lowest BCUT2D eigenvalue weighted by molar-refractivity contribution is -0.251. The summed E-state index contributed by atoms with van der Waals surface area (Å²) in [6, 6.07) is 4.72. The van der Waals surface area contributed by atoms with E-state index < -0.39 is 11.8 Å². The van der Waals surface area contributed by atoms with E-state index in [0.717, 1.165) is 19.2 Å². The highest BCUT2D eigenvalue weighted by atomic mass is 19.4. The Morgan fingerprint density at radius 2 is 1.94 bits per heavy atom. The minimum atomic E-state index is -4.86. The zero-order valence-corrected chi connectivity index (χ0v) is 9.25. The smallest absolute Gasteiger partial charge is 0.435 e. The largest absolute Gasteiger partial charge is 0.454 e. The Morgan fingerprint density at radius 3 is 2.50 bits per heavy atom. The van der Waals surface area contributed by atoms with Gasteiger partial charge in [0.05, 0.1) is 0 Å². The average Bonchev–Trinajstić information content (AvgIpc) is 2.76. The van der Waals surface area contributed by atoms with Crippen LogP contribution < -0.4 is 9.47 Å². The molecule has 18 heavy (non-hydrogen) atoms. The number of methoxy groups -OCH3 is 1. The molecule has 0 spiro atoms. The maximum absolute atomic E-state index is 13.0. The lowest BCUT2D eigenvalue weighted by atomic mass is 9.94. The van der Waals surface area contributed by atoms with Crippen LogP contribution in [0.5, 0.6) is 11.5 Å². The summed E-state index contributed by atoms with van der Waals surface area (Å²) in [7, 11) is 0.835. The van der Waals surface area contributed by atoms with Crippen molar-refractivity contribution in [1.29, 1.82) is 5.26 Å². The molecule has 0 aromatic heterocycles. The van der Waals surface area contributed by atoms with E-state index >= 15 is 0 Å². The topological polar surface area (TPSA) is 51.5 Å². The lowest BCUT2D eigenvalue weighted by Crippen LogP contribution is -2.42. The van der Waals surface area contributed by atoms with Gasteiger partial charge in [-0.25, -0.2) is 0 Å². The Labute approximate surface area is 100 Å². The number of hydrogen-bond acceptors (Lipinski definition) is 4. The van der Waals surface area contributed by atoms with E-state index in [-0.39, 0.29) is 18.1 Å². The normalized spacial score (nSPS) is 17.1. The summed E-state index contributed by atoms with van der Waals surface area (Å²) in [4.78, 5) is 0. The molecule has 0 N–H and O–H groups in total. The van der Waals surface area contributed by atoms with E-state index in [1.807, 2.05) is 0 Å². The summed E-state index contributed by atoms with van der Waals surface area (Å²) in [6.45, 7) is -0.0582. The Morgan fingerprint density at radius 1 is 1.28 bits per heavy atom. The number of rotatable bonds is 2. The minimum absolute atomic E-state index is 0.0582. The van der Waals surface area contributed by atoms with Crippen LogP contribution >= 0.6 is 0 Å². The van der Waals surface area contributed by atoms with Crippen LogP contribution in [0.25, 0.3) is 0 Å². The summed E-state index contributed by atoms with van der Waals surface area (Å²) in [5.41, 5.74) is -3.35. The summed E-state index contributed by atoms with van der Waals surface area (Å²) >= 11 is 0. The first kappa shape index (κ1) is 12.5. The number of alkyl halides is 3. The SMILES string of the molecule is COC(C#N)(c1ccc2c(c1)OCO2)C(F)(F)F. The van der Waals surface area contributed by atoms with E-state index in [9.17, 15) is 13.2 Å². The number of nitrogens with zero attached hydrogens (tertiary/aromatic N) is 1. The van der Waals surface area contributed by atoms with Gasteiger partial charge < -0.3 is 14.2 Å². The molecule has 0 aliphatic carbocycles. The van der Waals surface area contributed by atoms with Crippen molar-refractivity contribution in [3.05, 3.63) is 23.8 Å². The molecular weight excluding hydrogens is 251 g/mol. The molecule has 0 saturated carbocycles. The molecule has 2 rings (SSSR count). The molecule has 1 atom stereocenters. The summed E-state index contributed by atoms with van der Waals surface area (Å²) < 4.78 is 53.4. The van der Waals surface area contributed by atoms with Crippen molar-refractivity contribution in [1.82, 2.24) is 0 Å². The predicted molar refractivity (Wildman–Crippen MR) is 52.9 cm³/mol. The highest BCUT2D eigenvalue weighted by molar-refractivity contribution is 5.48. The molecule has 0 amide bonds. The van der Waals surface area contributed by atoms with Crippen LogP contribution in [0.2, 0.25) is 0 Å². The molecule has 0 saturated heterocycles. The van der Waals surface area contributed by atoms with Gasteiger partial charge in [-0.2, -0.15) is 18.4 Å². The van der Waals surface area contributed by atoms with Crippen molar-refractivity contribution in [2.75, 3.05) is 13.9 Å². The fourth-order valence-electron chi connectivity index (χ4n) is 1.69. The zero-order chi connectivity index (χ0) is 13.4. The second-order valence-corrected chi connectivity index (χ2v) is 3.56. The molecule has 96 valence electrons. The van der Waals surface area contributed by atoms with Gasteiger partial charge in [-0.1, -0.05) is 6.07 Å². The number of halogens is 3. The zero-order valence-electron chi connectivity index (χ0n) is 9.25. The maximum Gasteiger partial charge on any atom is 0.435 e. The van der Waals surface area contributed by atoms with Crippen LogP contribution in [-0.4, -0.2) is 20.1 Å². The van der Waals surface area contributed by atoms with Gasteiger partial charge in [0.25, 0.3) is 5.60 Å². The third kappa shape index (κ3) is 1.66. The molecule has 1 aliphatic rings. The van der Waals surface area contributed by atoms with Crippen LogP contribution in [0, 0.1) is 11.3 Å². The van der Waals surface area contributed by atoms with Crippen LogP contribution in [0.1, 0.15) is 5.56 Å². The van der Waals surface area contributed by atoms with Crippen LogP contribution in [0.15, 0.2) is 18.2 Å². The van der Waals surface area contributed by atoms with Gasteiger partial charge in [0.1, 0.15) is 6.07 Å². The fourth-order valence-corrected chi connectivity index (χ4v) is 1.69. The second kappa shape index (κ2) is 4.07. The van der Waals surface area contributed by atoms with Gasteiger partial charge >= 0.3 is 6.18 Å². The molecule has 1 aliphatic heterocycles. The number of benzene rings is 1. The van der Waals surface area contributed by atoms with Crippen molar-refractivity contribution < 1.29 is 27.4 Å². The Hall–Kier alpha value is -1.94. The number of nitriles is 1. The first-order valence-corrected chi connectivity index (χ1v) is 4.88. The van der Waals surface area contributed by atoms with E-state index in [1.54, 1.807) is 0 Å². The van der Waals surface area contributed by atoms with Crippen LogP contribution in [-0.2, 0) is 10.3 Å². The van der Waals surface area contributed by atoms with E-state index in [4.69, 9.17) is 14.7 Å². The van der Waals surface area contributed by atoms with Gasteiger partial charge in [0.2, 0.25) is 6.79 Å². The highest BCUT2D eigenvalue weighted by Crippen LogP contribution is 2.44. The van der Waals surface area contributed by atoms with Gasteiger partial charge in [0, 0.05) is 12.7 Å². The first-order valence-electron chi connectivity index (χ1n) is 4.88. The third-order valence-corrected chi connectivity index (χ3v) is 2.64. The summed E-state index contributed by atoms with van der Waals surface area (Å²) in [5.74, 6) is 0.497. The van der Waals surface area contributed by atoms with Gasteiger partial charge in [0.15, 0.2) is 11.5 Å². The van der Waals surface area contributed by atoms with Gasteiger partial charge in [-0.3, -0.25) is 0 Å². The van der Waals surface area contributed by atoms with E-state index in [1.165, 1.54) is 12.1 Å². The minimum Gasteiger partial charge on any atom is -0.454 e. The third-order valence-electron chi connectivity index (χ3n) is 2.64. The molecule has 4 nitrogen and oxygen atoms in total. The van der Waals surface area contributed by atoms with Crippen molar-refractivity contribution in [2.45, 2.75) is 11.8 Å². The molecular formula is C11H8F3NO3. The molecule has 1 heterocycles. The Bertz CT molecular complexity index is 509. The van der Waals surface area contributed by atoms with Crippen molar-refractivity contribution in [2.24, 2.45) is 0 Å². The van der Waals surface area contributed by atoms with Gasteiger partial charge in [-0.15, -0.1) is 0 Å². The quantitative estimate of drug-likeness (QED) is 0.818. The summed E-state index contributed by atoms with van der Waals surface area (Å²) in [5, 5.41) is 8.85. The summed E-state index contributed by atoms with van der Waals surface area (Å²) in [6.07, 6.45) is -4.86. The van der Waals surface area contributed by atoms with Crippen molar-refractivity contribution in [3.8, 4) is 17.6 Å². The standard InChI is InChI=1S/C11H8F3NO3/c1-16-10(5-15,11(12,13)14)7-2-3-8-9(4-7)18-6-17-8/h2-4H,6H2,1H3. The number of hydrogen-bond donors (Lipinski definition) is 0. The monoisotopic (exact) mass is 259 g/mol. The molecule has 1 unspecified atom stereocenters. The molecule has 1 aromatic rings. The predicted octanol–water partition coefficient (Wildman–Crippen LogP) is 2.34. The van der Waals surface area contributed by atoms with Crippen molar-refractivity contribution in [3.63, 3.8) is 0 Å².